The Morgan fingerprint density at radius 2 is 1.78 bits per heavy atom. The van der Waals surface area contributed by atoms with Crippen LogP contribution >= 0.6 is 0 Å². The van der Waals surface area contributed by atoms with Crippen molar-refractivity contribution in [2.75, 3.05) is 20.3 Å². The van der Waals surface area contributed by atoms with Gasteiger partial charge in [-0.1, -0.05) is 42.5 Å². The molecule has 1 amide bonds. The van der Waals surface area contributed by atoms with Crippen molar-refractivity contribution >= 4 is 27.6 Å². The van der Waals surface area contributed by atoms with Crippen molar-refractivity contribution < 1.29 is 18.7 Å². The molecule has 1 aromatic heterocycles. The van der Waals surface area contributed by atoms with Crippen molar-refractivity contribution in [1.82, 2.24) is 5.32 Å². The van der Waals surface area contributed by atoms with E-state index in [4.69, 9.17) is 13.9 Å². The molecule has 0 bridgehead atoms. The van der Waals surface area contributed by atoms with E-state index >= 15 is 0 Å². The van der Waals surface area contributed by atoms with E-state index in [-0.39, 0.29) is 11.7 Å². The van der Waals surface area contributed by atoms with E-state index in [1.807, 2.05) is 48.5 Å². The van der Waals surface area contributed by atoms with Crippen LogP contribution < -0.4 is 14.8 Å². The number of ether oxygens (including phenoxy) is 2. The zero-order chi connectivity index (χ0) is 18.6. The summed E-state index contributed by atoms with van der Waals surface area (Å²) in [6.07, 6.45) is 0. The van der Waals surface area contributed by atoms with Crippen LogP contribution in [0.1, 0.15) is 10.6 Å². The van der Waals surface area contributed by atoms with E-state index in [0.29, 0.717) is 24.5 Å². The fourth-order valence-corrected chi connectivity index (χ4v) is 2.99. The van der Waals surface area contributed by atoms with Gasteiger partial charge in [0.2, 0.25) is 0 Å². The molecule has 0 unspecified atom stereocenters. The largest absolute Gasteiger partial charge is 0.493 e. The molecule has 0 spiro atoms. The van der Waals surface area contributed by atoms with Gasteiger partial charge in [-0.2, -0.15) is 0 Å². The van der Waals surface area contributed by atoms with Gasteiger partial charge in [-0.25, -0.2) is 0 Å². The standard InChI is InChI=1S/C22H19NO4/c1-25-19-8-4-7-17-14-20(27-21(17)19)22(24)23-11-12-26-18-10-9-15-5-2-3-6-16(15)13-18/h2-10,13-14H,11-12H2,1H3,(H,23,24). The predicted molar refractivity (Wildman–Crippen MR) is 105 cm³/mol. The smallest absolute Gasteiger partial charge is 0.287 e. The molecular formula is C22H19NO4. The number of furan rings is 1. The quantitative estimate of drug-likeness (QED) is 0.517. The number of carbonyl (C=O) groups excluding carboxylic acids is 1. The highest BCUT2D eigenvalue weighted by Crippen LogP contribution is 2.28. The number of fused-ring (bicyclic) bond motifs is 2. The zero-order valence-corrected chi connectivity index (χ0v) is 14.9. The summed E-state index contributed by atoms with van der Waals surface area (Å²) in [6.45, 7) is 0.744. The minimum atomic E-state index is -0.282. The Labute approximate surface area is 156 Å². The third-order valence-electron chi connectivity index (χ3n) is 4.33. The van der Waals surface area contributed by atoms with Crippen molar-refractivity contribution in [3.8, 4) is 11.5 Å². The lowest BCUT2D eigenvalue weighted by Crippen LogP contribution is -2.27. The summed E-state index contributed by atoms with van der Waals surface area (Å²) in [4.78, 5) is 12.3. The van der Waals surface area contributed by atoms with E-state index in [0.717, 1.165) is 16.5 Å². The number of benzene rings is 3. The molecule has 3 aromatic carbocycles. The van der Waals surface area contributed by atoms with Crippen molar-refractivity contribution in [3.63, 3.8) is 0 Å². The van der Waals surface area contributed by atoms with Gasteiger partial charge in [0.05, 0.1) is 13.7 Å². The van der Waals surface area contributed by atoms with Gasteiger partial charge >= 0.3 is 0 Å². The lowest BCUT2D eigenvalue weighted by molar-refractivity contribution is 0.0921. The molecule has 1 heterocycles. The van der Waals surface area contributed by atoms with Crippen LogP contribution in [-0.4, -0.2) is 26.2 Å². The van der Waals surface area contributed by atoms with Gasteiger partial charge in [-0.15, -0.1) is 0 Å². The molecule has 5 nitrogen and oxygen atoms in total. The molecule has 1 N–H and O–H groups in total. The number of carbonyl (C=O) groups is 1. The van der Waals surface area contributed by atoms with Crippen LogP contribution in [0.25, 0.3) is 21.7 Å². The Morgan fingerprint density at radius 3 is 2.63 bits per heavy atom. The molecule has 4 aromatic rings. The molecule has 0 aliphatic rings. The summed E-state index contributed by atoms with van der Waals surface area (Å²) in [6, 6.07) is 21.3. The summed E-state index contributed by atoms with van der Waals surface area (Å²) >= 11 is 0. The molecular weight excluding hydrogens is 342 g/mol. The summed E-state index contributed by atoms with van der Waals surface area (Å²) in [5, 5.41) is 5.92. The zero-order valence-electron chi connectivity index (χ0n) is 14.9. The first kappa shape index (κ1) is 17.0. The highest BCUT2D eigenvalue weighted by Gasteiger charge is 2.14. The van der Waals surface area contributed by atoms with Crippen molar-refractivity contribution in [3.05, 3.63) is 72.5 Å². The van der Waals surface area contributed by atoms with Gasteiger partial charge in [0.15, 0.2) is 17.1 Å². The fourth-order valence-electron chi connectivity index (χ4n) is 2.99. The number of para-hydroxylation sites is 1. The van der Waals surface area contributed by atoms with Crippen molar-refractivity contribution in [1.29, 1.82) is 0 Å². The average Bonchev–Trinajstić information content (AvgIpc) is 3.15. The third-order valence-corrected chi connectivity index (χ3v) is 4.33. The second kappa shape index (κ2) is 7.41. The topological polar surface area (TPSA) is 60.7 Å². The lowest BCUT2D eigenvalue weighted by Gasteiger charge is -2.08. The fraction of sp³-hybridized carbons (Fsp3) is 0.136. The van der Waals surface area contributed by atoms with Crippen LogP contribution in [-0.2, 0) is 0 Å². The number of rotatable bonds is 6. The first-order valence-corrected chi connectivity index (χ1v) is 8.71. The Bertz CT molecular complexity index is 1100. The summed E-state index contributed by atoms with van der Waals surface area (Å²) < 4.78 is 16.6. The number of nitrogens with one attached hydrogen (secondary N) is 1. The maximum atomic E-state index is 12.3. The normalized spacial score (nSPS) is 10.9. The molecule has 27 heavy (non-hydrogen) atoms. The molecule has 0 saturated heterocycles. The maximum Gasteiger partial charge on any atom is 0.287 e. The lowest BCUT2D eigenvalue weighted by atomic mass is 10.1. The molecule has 0 radical (unpaired) electrons. The highest BCUT2D eigenvalue weighted by atomic mass is 16.5. The molecule has 0 saturated carbocycles. The number of amides is 1. The van der Waals surface area contributed by atoms with Crippen molar-refractivity contribution in [2.24, 2.45) is 0 Å². The minimum Gasteiger partial charge on any atom is -0.493 e. The van der Waals surface area contributed by atoms with Crippen molar-refractivity contribution in [2.45, 2.75) is 0 Å². The van der Waals surface area contributed by atoms with Crippen LogP contribution in [0.3, 0.4) is 0 Å². The average molecular weight is 361 g/mol. The molecule has 0 atom stereocenters. The SMILES string of the molecule is COc1cccc2cc(C(=O)NCCOc3ccc4ccccc4c3)oc12. The van der Waals surface area contributed by atoms with Gasteiger partial charge in [0.1, 0.15) is 12.4 Å². The van der Waals surface area contributed by atoms with Crippen LogP contribution in [0.5, 0.6) is 11.5 Å². The molecule has 5 heteroatoms. The summed E-state index contributed by atoms with van der Waals surface area (Å²) in [7, 11) is 1.57. The number of methoxy groups -OCH3 is 1. The van der Waals surface area contributed by atoms with Gasteiger partial charge in [0.25, 0.3) is 5.91 Å². The first-order valence-electron chi connectivity index (χ1n) is 8.71. The Morgan fingerprint density at radius 1 is 0.963 bits per heavy atom. The van der Waals surface area contributed by atoms with E-state index < -0.39 is 0 Å². The van der Waals surface area contributed by atoms with Gasteiger partial charge in [-0.3, -0.25) is 4.79 Å². The second-order valence-corrected chi connectivity index (χ2v) is 6.10. The first-order chi connectivity index (χ1) is 13.2. The molecule has 0 aliphatic carbocycles. The second-order valence-electron chi connectivity index (χ2n) is 6.10. The molecule has 0 aliphatic heterocycles. The number of hydrogen-bond donors (Lipinski definition) is 1. The van der Waals surface area contributed by atoms with Crippen LogP contribution in [0.15, 0.2) is 71.1 Å². The van der Waals surface area contributed by atoms with Gasteiger partial charge < -0.3 is 19.2 Å². The van der Waals surface area contributed by atoms with Crippen LogP contribution in [0, 0.1) is 0 Å². The van der Waals surface area contributed by atoms with Gasteiger partial charge in [0, 0.05) is 5.39 Å². The minimum absolute atomic E-state index is 0.250. The van der Waals surface area contributed by atoms with Crippen LogP contribution in [0.4, 0.5) is 0 Å². The summed E-state index contributed by atoms with van der Waals surface area (Å²) in [5.41, 5.74) is 0.567. The Balaban J connectivity index is 1.35. The Hall–Kier alpha value is -3.47. The Kier molecular flexibility index (Phi) is 4.66. The predicted octanol–water partition coefficient (Wildman–Crippen LogP) is 4.40. The maximum absolute atomic E-state index is 12.3. The molecule has 0 fully saturated rings. The highest BCUT2D eigenvalue weighted by molar-refractivity contribution is 5.97. The summed E-state index contributed by atoms with van der Waals surface area (Å²) in [5.74, 6) is 1.35. The number of hydrogen-bond acceptors (Lipinski definition) is 4. The third kappa shape index (κ3) is 3.58. The van der Waals surface area contributed by atoms with Gasteiger partial charge in [-0.05, 0) is 35.0 Å². The van der Waals surface area contributed by atoms with E-state index in [1.165, 1.54) is 5.39 Å². The molecule has 136 valence electrons. The molecule has 4 rings (SSSR count). The van der Waals surface area contributed by atoms with E-state index in [1.54, 1.807) is 19.2 Å². The monoisotopic (exact) mass is 361 g/mol. The van der Waals surface area contributed by atoms with Crippen LogP contribution in [0.2, 0.25) is 0 Å². The van der Waals surface area contributed by atoms with E-state index in [2.05, 4.69) is 11.4 Å². The van der Waals surface area contributed by atoms with E-state index in [9.17, 15) is 4.79 Å².